The molecule has 1 aromatic heterocycles. The van der Waals surface area contributed by atoms with Crippen LogP contribution in [0.25, 0.3) is 0 Å². The van der Waals surface area contributed by atoms with Gasteiger partial charge in [-0.2, -0.15) is 0 Å². The van der Waals surface area contributed by atoms with Gasteiger partial charge >= 0.3 is 5.97 Å². The second kappa shape index (κ2) is 8.20. The molecule has 2 heterocycles. The summed E-state index contributed by atoms with van der Waals surface area (Å²) < 4.78 is 4.64. The second-order valence-corrected chi connectivity index (χ2v) is 7.47. The van der Waals surface area contributed by atoms with Crippen molar-refractivity contribution >= 4 is 40.3 Å². The summed E-state index contributed by atoms with van der Waals surface area (Å²) in [6, 6.07) is 2.87. The van der Waals surface area contributed by atoms with Crippen molar-refractivity contribution in [3.63, 3.8) is 0 Å². The average Bonchev–Trinajstić information content (AvgIpc) is 3.21. The maximum atomic E-state index is 11.8. The number of ether oxygens (including phenoxy) is 1. The van der Waals surface area contributed by atoms with Crippen molar-refractivity contribution in [3.05, 3.63) is 49.4 Å². The lowest BCUT2D eigenvalue weighted by atomic mass is 10.1. The largest absolute Gasteiger partial charge is 0.465 e. The van der Waals surface area contributed by atoms with Crippen LogP contribution in [0.1, 0.15) is 28.3 Å². The van der Waals surface area contributed by atoms with Crippen LogP contribution in [0.5, 0.6) is 0 Å². The van der Waals surface area contributed by atoms with E-state index in [1.54, 1.807) is 17.5 Å². The molecular formula is C17H19ClN4O4S. The molecule has 1 fully saturated rings. The number of rotatable bonds is 5. The summed E-state index contributed by atoms with van der Waals surface area (Å²) in [5.41, 5.74) is 0.256. The highest BCUT2D eigenvalue weighted by Crippen LogP contribution is 2.35. The van der Waals surface area contributed by atoms with E-state index in [1.165, 1.54) is 19.2 Å². The van der Waals surface area contributed by atoms with Crippen LogP contribution in [0, 0.1) is 10.1 Å². The molecule has 27 heavy (non-hydrogen) atoms. The molecule has 10 heteroatoms. The van der Waals surface area contributed by atoms with Gasteiger partial charge in [-0.25, -0.2) is 9.78 Å². The summed E-state index contributed by atoms with van der Waals surface area (Å²) in [6.45, 7) is 4.83. The number of nitro benzene ring substituents is 1. The minimum Gasteiger partial charge on any atom is -0.465 e. The van der Waals surface area contributed by atoms with Crippen LogP contribution >= 0.6 is 22.9 Å². The number of methoxy groups -OCH3 is 1. The van der Waals surface area contributed by atoms with Crippen molar-refractivity contribution in [2.45, 2.75) is 13.0 Å². The number of aromatic nitrogens is 1. The molecule has 1 aromatic carbocycles. The summed E-state index contributed by atoms with van der Waals surface area (Å²) in [6.07, 6.45) is 1.79. The second-order valence-electron chi connectivity index (χ2n) is 6.14. The molecule has 3 rings (SSSR count). The number of thiazole rings is 1. The van der Waals surface area contributed by atoms with Crippen LogP contribution in [0.15, 0.2) is 23.7 Å². The van der Waals surface area contributed by atoms with Gasteiger partial charge in [-0.15, -0.1) is 11.3 Å². The molecule has 0 N–H and O–H groups in total. The monoisotopic (exact) mass is 410 g/mol. The van der Waals surface area contributed by atoms with Gasteiger partial charge in [0.1, 0.15) is 10.7 Å². The Morgan fingerprint density at radius 2 is 2.07 bits per heavy atom. The van der Waals surface area contributed by atoms with Gasteiger partial charge in [-0.05, 0) is 13.0 Å². The van der Waals surface area contributed by atoms with E-state index in [9.17, 15) is 14.9 Å². The average molecular weight is 411 g/mol. The topological polar surface area (TPSA) is 88.8 Å². The van der Waals surface area contributed by atoms with E-state index < -0.39 is 10.9 Å². The maximum Gasteiger partial charge on any atom is 0.339 e. The molecule has 8 nitrogen and oxygen atoms in total. The summed E-state index contributed by atoms with van der Waals surface area (Å²) in [5, 5.41) is 14.7. The first-order valence-electron chi connectivity index (χ1n) is 8.37. The minimum atomic E-state index is -0.697. The van der Waals surface area contributed by atoms with Gasteiger partial charge < -0.3 is 9.64 Å². The third-order valence-corrected chi connectivity index (χ3v) is 5.94. The number of nitro groups is 1. The molecule has 1 aliphatic heterocycles. The van der Waals surface area contributed by atoms with E-state index >= 15 is 0 Å². The summed E-state index contributed by atoms with van der Waals surface area (Å²) >= 11 is 7.80. The van der Waals surface area contributed by atoms with E-state index in [0.29, 0.717) is 18.8 Å². The standard InChI is InChI=1S/C17H19ClN4O4S/c1-11(16-19-3-8-27-16)20-4-6-21(7-5-20)14-10-13(18)12(17(23)26-2)9-15(14)22(24)25/h3,8-11H,4-7H2,1-2H3. The number of esters is 1. The Balaban J connectivity index is 1.80. The fourth-order valence-corrected chi connectivity index (χ4v) is 4.13. The quantitative estimate of drug-likeness (QED) is 0.424. The first-order chi connectivity index (χ1) is 12.9. The molecule has 1 unspecified atom stereocenters. The third kappa shape index (κ3) is 4.05. The Labute approximate surface area is 165 Å². The normalized spacial score (nSPS) is 16.2. The lowest BCUT2D eigenvalue weighted by Crippen LogP contribution is -2.47. The van der Waals surface area contributed by atoms with Crippen LogP contribution in [-0.4, -0.2) is 54.1 Å². The van der Waals surface area contributed by atoms with Crippen molar-refractivity contribution in [1.82, 2.24) is 9.88 Å². The molecule has 0 bridgehead atoms. The minimum absolute atomic E-state index is 0.00866. The Morgan fingerprint density at radius 3 is 2.63 bits per heavy atom. The van der Waals surface area contributed by atoms with Gasteiger partial charge in [0.25, 0.3) is 5.69 Å². The van der Waals surface area contributed by atoms with E-state index in [4.69, 9.17) is 11.6 Å². The number of carbonyl (C=O) groups excluding carboxylic acids is 1. The van der Waals surface area contributed by atoms with Crippen LogP contribution in [0.2, 0.25) is 5.02 Å². The number of halogens is 1. The zero-order chi connectivity index (χ0) is 19.6. The van der Waals surface area contributed by atoms with Crippen molar-refractivity contribution in [2.24, 2.45) is 0 Å². The van der Waals surface area contributed by atoms with Crippen molar-refractivity contribution in [1.29, 1.82) is 0 Å². The number of nitrogens with zero attached hydrogens (tertiary/aromatic N) is 4. The summed E-state index contributed by atoms with van der Waals surface area (Å²) in [4.78, 5) is 31.4. The zero-order valence-electron chi connectivity index (χ0n) is 14.9. The molecule has 1 atom stereocenters. The van der Waals surface area contributed by atoms with E-state index in [0.717, 1.165) is 18.1 Å². The Kier molecular flexibility index (Phi) is 5.93. The maximum absolute atomic E-state index is 11.8. The first kappa shape index (κ1) is 19.5. The fraction of sp³-hybridized carbons (Fsp3) is 0.412. The number of carbonyl (C=O) groups is 1. The number of benzene rings is 1. The number of hydrogen-bond acceptors (Lipinski definition) is 8. The van der Waals surface area contributed by atoms with E-state index in [1.807, 2.05) is 10.3 Å². The zero-order valence-corrected chi connectivity index (χ0v) is 16.5. The van der Waals surface area contributed by atoms with Gasteiger partial charge in [-0.3, -0.25) is 15.0 Å². The first-order valence-corrected chi connectivity index (χ1v) is 9.62. The summed E-state index contributed by atoms with van der Waals surface area (Å²) in [7, 11) is 1.21. The fourth-order valence-electron chi connectivity index (χ4n) is 3.16. The van der Waals surface area contributed by atoms with Crippen LogP contribution < -0.4 is 4.90 Å². The lowest BCUT2D eigenvalue weighted by molar-refractivity contribution is -0.384. The summed E-state index contributed by atoms with van der Waals surface area (Å²) in [5.74, 6) is -0.697. The molecule has 0 saturated carbocycles. The van der Waals surface area contributed by atoms with Gasteiger partial charge in [0, 0.05) is 43.8 Å². The van der Waals surface area contributed by atoms with Gasteiger partial charge in [0.15, 0.2) is 0 Å². The molecule has 1 saturated heterocycles. The predicted octanol–water partition coefficient (Wildman–Crippen LogP) is 3.37. The highest BCUT2D eigenvalue weighted by molar-refractivity contribution is 7.09. The highest BCUT2D eigenvalue weighted by Gasteiger charge is 2.29. The molecule has 1 aliphatic rings. The van der Waals surface area contributed by atoms with E-state index in [2.05, 4.69) is 21.5 Å². The number of anilines is 1. The molecule has 144 valence electrons. The lowest BCUT2D eigenvalue weighted by Gasteiger charge is -2.38. The molecular weight excluding hydrogens is 392 g/mol. The molecule has 2 aromatic rings. The smallest absolute Gasteiger partial charge is 0.339 e. The van der Waals surface area contributed by atoms with E-state index in [-0.39, 0.29) is 22.3 Å². The van der Waals surface area contributed by atoms with Crippen LogP contribution in [0.3, 0.4) is 0 Å². The van der Waals surface area contributed by atoms with Gasteiger partial charge in [-0.1, -0.05) is 11.6 Å². The van der Waals surface area contributed by atoms with Crippen LogP contribution in [0.4, 0.5) is 11.4 Å². The van der Waals surface area contributed by atoms with Crippen molar-refractivity contribution in [3.8, 4) is 0 Å². The van der Waals surface area contributed by atoms with Crippen molar-refractivity contribution in [2.75, 3.05) is 38.2 Å². The number of hydrogen-bond donors (Lipinski definition) is 0. The third-order valence-electron chi connectivity index (χ3n) is 4.68. The van der Waals surface area contributed by atoms with Crippen LogP contribution in [-0.2, 0) is 4.74 Å². The predicted molar refractivity (Wildman–Crippen MR) is 104 cm³/mol. The van der Waals surface area contributed by atoms with Gasteiger partial charge in [0.2, 0.25) is 0 Å². The Morgan fingerprint density at radius 1 is 1.37 bits per heavy atom. The number of piperazine rings is 1. The highest BCUT2D eigenvalue weighted by atomic mass is 35.5. The molecule has 0 spiro atoms. The molecule has 0 aliphatic carbocycles. The Bertz CT molecular complexity index is 838. The molecule has 0 amide bonds. The Hall–Kier alpha value is -2.23. The SMILES string of the molecule is COC(=O)c1cc([N+](=O)[O-])c(N2CCN(C(C)c3nccs3)CC2)cc1Cl. The molecule has 0 radical (unpaired) electrons. The van der Waals surface area contributed by atoms with Gasteiger partial charge in [0.05, 0.1) is 28.7 Å². The van der Waals surface area contributed by atoms with Crippen molar-refractivity contribution < 1.29 is 14.5 Å².